The van der Waals surface area contributed by atoms with E-state index in [4.69, 9.17) is 0 Å². The third-order valence-electron chi connectivity index (χ3n) is 5.11. The molecule has 1 N–H and O–H groups in total. The summed E-state index contributed by atoms with van der Waals surface area (Å²) >= 11 is 3.63. The van der Waals surface area contributed by atoms with Crippen LogP contribution in [0.1, 0.15) is 57.2 Å². The molecule has 0 spiro atoms. The van der Waals surface area contributed by atoms with Crippen molar-refractivity contribution in [3.63, 3.8) is 0 Å². The van der Waals surface area contributed by atoms with Gasteiger partial charge in [0.15, 0.2) is 0 Å². The molecule has 0 aliphatic heterocycles. The Morgan fingerprint density at radius 1 is 1.25 bits per heavy atom. The summed E-state index contributed by atoms with van der Waals surface area (Å²) in [5.74, 6) is 2.51. The maximum atomic E-state index is 3.75. The monoisotopic (exact) mass is 337 g/mol. The maximum Gasteiger partial charge on any atom is 0.0351 e. The van der Waals surface area contributed by atoms with E-state index in [0.717, 1.165) is 24.3 Å². The highest BCUT2D eigenvalue weighted by atomic mass is 79.9. The molecule has 4 unspecified atom stereocenters. The second-order valence-electron chi connectivity index (χ2n) is 6.56. The highest BCUT2D eigenvalue weighted by Crippen LogP contribution is 2.40. The zero-order valence-corrected chi connectivity index (χ0v) is 14.8. The Kier molecular flexibility index (Phi) is 5.68. The lowest BCUT2D eigenvalue weighted by molar-refractivity contribution is 0.171. The van der Waals surface area contributed by atoms with Crippen LogP contribution in [-0.2, 0) is 0 Å². The molecule has 1 saturated carbocycles. The number of benzene rings is 1. The second-order valence-corrected chi connectivity index (χ2v) is 7.48. The van der Waals surface area contributed by atoms with Crippen LogP contribution >= 0.6 is 15.9 Å². The van der Waals surface area contributed by atoms with Gasteiger partial charge in [-0.15, -0.1) is 0 Å². The predicted octanol–water partition coefficient (Wildman–Crippen LogP) is 5.48. The van der Waals surface area contributed by atoms with Crippen molar-refractivity contribution in [1.29, 1.82) is 0 Å². The van der Waals surface area contributed by atoms with Crippen LogP contribution in [0.4, 0.5) is 0 Å². The molecule has 0 amide bonds. The minimum atomic E-state index is 0.507. The lowest BCUT2D eigenvalue weighted by Gasteiger charge is -2.38. The fourth-order valence-corrected chi connectivity index (χ4v) is 3.97. The largest absolute Gasteiger partial charge is 0.310 e. The predicted molar refractivity (Wildman–Crippen MR) is 91.0 cm³/mol. The first-order valence-corrected chi connectivity index (χ1v) is 8.81. The Hall–Kier alpha value is -0.340. The van der Waals surface area contributed by atoms with Gasteiger partial charge in [-0.25, -0.2) is 0 Å². The second kappa shape index (κ2) is 7.09. The summed E-state index contributed by atoms with van der Waals surface area (Å²) < 4.78 is 1.19. The lowest BCUT2D eigenvalue weighted by atomic mass is 9.71. The van der Waals surface area contributed by atoms with Crippen molar-refractivity contribution in [3.8, 4) is 0 Å². The van der Waals surface area contributed by atoms with Gasteiger partial charge in [0, 0.05) is 10.5 Å². The van der Waals surface area contributed by atoms with Crippen LogP contribution in [0.15, 0.2) is 22.7 Å². The molecular weight excluding hydrogens is 310 g/mol. The molecule has 0 saturated heterocycles. The molecule has 0 radical (unpaired) electrons. The highest BCUT2D eigenvalue weighted by molar-refractivity contribution is 9.10. The van der Waals surface area contributed by atoms with Gasteiger partial charge < -0.3 is 5.32 Å². The standard InChI is InChI=1S/C18H28BrN/c1-5-20-18(15-8-6-12(2)14(4)10-15)17-11-16(19)9-7-13(17)3/h7,9,11-12,14-15,18,20H,5-6,8,10H2,1-4H3. The van der Waals surface area contributed by atoms with Gasteiger partial charge in [-0.1, -0.05) is 49.2 Å². The molecule has 1 aliphatic carbocycles. The third-order valence-corrected chi connectivity index (χ3v) is 5.60. The molecular formula is C18H28BrN. The summed E-state index contributed by atoms with van der Waals surface area (Å²) in [7, 11) is 0. The van der Waals surface area contributed by atoms with Gasteiger partial charge in [-0.2, -0.15) is 0 Å². The van der Waals surface area contributed by atoms with Crippen molar-refractivity contribution in [3.05, 3.63) is 33.8 Å². The molecule has 0 bridgehead atoms. The normalized spacial score (nSPS) is 28.4. The molecule has 112 valence electrons. The fraction of sp³-hybridized carbons (Fsp3) is 0.667. The molecule has 2 rings (SSSR count). The van der Waals surface area contributed by atoms with Crippen LogP contribution in [-0.4, -0.2) is 6.54 Å². The minimum absolute atomic E-state index is 0.507. The van der Waals surface area contributed by atoms with Gasteiger partial charge in [0.25, 0.3) is 0 Å². The number of halogens is 1. The van der Waals surface area contributed by atoms with E-state index in [1.54, 1.807) is 0 Å². The number of nitrogens with one attached hydrogen (secondary N) is 1. The topological polar surface area (TPSA) is 12.0 Å². The molecule has 2 heteroatoms. The molecule has 4 atom stereocenters. The summed E-state index contributed by atoms with van der Waals surface area (Å²) in [6.07, 6.45) is 4.08. The molecule has 20 heavy (non-hydrogen) atoms. The van der Waals surface area contributed by atoms with Gasteiger partial charge in [0.2, 0.25) is 0 Å². The van der Waals surface area contributed by atoms with Crippen molar-refractivity contribution in [2.75, 3.05) is 6.54 Å². The molecule has 1 nitrogen and oxygen atoms in total. The van der Waals surface area contributed by atoms with Gasteiger partial charge >= 0.3 is 0 Å². The number of hydrogen-bond donors (Lipinski definition) is 1. The van der Waals surface area contributed by atoms with Gasteiger partial charge in [0.05, 0.1) is 0 Å². The number of rotatable bonds is 4. The first-order valence-electron chi connectivity index (χ1n) is 8.02. The lowest BCUT2D eigenvalue weighted by Crippen LogP contribution is -2.33. The van der Waals surface area contributed by atoms with Crippen LogP contribution in [0.25, 0.3) is 0 Å². The van der Waals surface area contributed by atoms with E-state index in [1.165, 1.54) is 34.9 Å². The quantitative estimate of drug-likeness (QED) is 0.766. The Morgan fingerprint density at radius 2 is 2.00 bits per heavy atom. The van der Waals surface area contributed by atoms with E-state index >= 15 is 0 Å². The highest BCUT2D eigenvalue weighted by Gasteiger charge is 2.31. The molecule has 1 fully saturated rings. The Labute approximate surface area is 132 Å². The zero-order chi connectivity index (χ0) is 14.7. The van der Waals surface area contributed by atoms with E-state index in [-0.39, 0.29) is 0 Å². The zero-order valence-electron chi connectivity index (χ0n) is 13.2. The van der Waals surface area contributed by atoms with E-state index in [9.17, 15) is 0 Å². The van der Waals surface area contributed by atoms with E-state index in [0.29, 0.717) is 6.04 Å². The van der Waals surface area contributed by atoms with Crippen LogP contribution in [0.5, 0.6) is 0 Å². The average molecular weight is 338 g/mol. The fourth-order valence-electron chi connectivity index (χ4n) is 3.59. The maximum absolute atomic E-state index is 3.75. The summed E-state index contributed by atoms with van der Waals surface area (Å²) in [4.78, 5) is 0. The SMILES string of the molecule is CCNC(c1cc(Br)ccc1C)C1CCC(C)C(C)C1. The van der Waals surface area contributed by atoms with Crippen molar-refractivity contribution < 1.29 is 0 Å². The first kappa shape index (κ1) is 16.0. The van der Waals surface area contributed by atoms with Crippen molar-refractivity contribution >= 4 is 15.9 Å². The van der Waals surface area contributed by atoms with E-state index in [1.807, 2.05) is 0 Å². The van der Waals surface area contributed by atoms with Gasteiger partial charge in [-0.3, -0.25) is 0 Å². The van der Waals surface area contributed by atoms with Crippen LogP contribution in [0, 0.1) is 24.7 Å². The Morgan fingerprint density at radius 3 is 2.65 bits per heavy atom. The molecule has 1 aromatic rings. The van der Waals surface area contributed by atoms with Crippen LogP contribution < -0.4 is 5.32 Å². The average Bonchev–Trinajstić information content (AvgIpc) is 2.42. The van der Waals surface area contributed by atoms with Crippen molar-refractivity contribution in [1.82, 2.24) is 5.32 Å². The number of hydrogen-bond acceptors (Lipinski definition) is 1. The Bertz CT molecular complexity index is 443. The Balaban J connectivity index is 2.24. The van der Waals surface area contributed by atoms with Crippen LogP contribution in [0.3, 0.4) is 0 Å². The molecule has 0 aromatic heterocycles. The third kappa shape index (κ3) is 3.65. The van der Waals surface area contributed by atoms with Gasteiger partial charge in [-0.05, 0) is 67.3 Å². The summed E-state index contributed by atoms with van der Waals surface area (Å²) in [6.45, 7) is 10.3. The van der Waals surface area contributed by atoms with E-state index in [2.05, 4.69) is 67.1 Å². The first-order chi connectivity index (χ1) is 9.52. The minimum Gasteiger partial charge on any atom is -0.310 e. The molecule has 0 heterocycles. The van der Waals surface area contributed by atoms with E-state index < -0.39 is 0 Å². The number of aryl methyl sites for hydroxylation is 1. The molecule has 1 aliphatic rings. The molecule has 1 aromatic carbocycles. The smallest absolute Gasteiger partial charge is 0.0351 e. The van der Waals surface area contributed by atoms with Crippen LogP contribution in [0.2, 0.25) is 0 Å². The van der Waals surface area contributed by atoms with Gasteiger partial charge in [0.1, 0.15) is 0 Å². The summed E-state index contributed by atoms with van der Waals surface area (Å²) in [6, 6.07) is 7.20. The summed E-state index contributed by atoms with van der Waals surface area (Å²) in [5, 5.41) is 3.75. The summed E-state index contributed by atoms with van der Waals surface area (Å²) in [5.41, 5.74) is 2.89. The van der Waals surface area contributed by atoms with Crippen molar-refractivity contribution in [2.45, 2.75) is 53.0 Å². The van der Waals surface area contributed by atoms with Crippen molar-refractivity contribution in [2.24, 2.45) is 17.8 Å².